The molecule has 0 saturated carbocycles. The van der Waals surface area contributed by atoms with Crippen LogP contribution in [-0.4, -0.2) is 5.71 Å². The molecule has 2 aromatic rings. The average Bonchev–Trinajstić information content (AvgIpc) is 2.55. The van der Waals surface area contributed by atoms with E-state index < -0.39 is 0 Å². The predicted molar refractivity (Wildman–Crippen MR) is 86.4 cm³/mol. The third-order valence-corrected chi connectivity index (χ3v) is 3.52. The molecule has 0 radical (unpaired) electrons. The molecule has 4 rings (SSSR count). The number of ether oxygens (including phenoxy) is 2. The molecule has 0 aromatic heterocycles. The minimum Gasteiger partial charge on any atom is -0.459 e. The molecule has 4 nitrogen and oxygen atoms in total. The van der Waals surface area contributed by atoms with Crippen LogP contribution in [0.5, 0.6) is 11.5 Å². The summed E-state index contributed by atoms with van der Waals surface area (Å²) in [6, 6.07) is 15.2. The van der Waals surface area contributed by atoms with Gasteiger partial charge in [-0.05, 0) is 30.3 Å². The Morgan fingerprint density at radius 1 is 1.05 bits per heavy atom. The topological polar surface area (TPSA) is 56.8 Å². The molecular weight excluding hydrogens is 276 g/mol. The van der Waals surface area contributed by atoms with Gasteiger partial charge in [-0.2, -0.15) is 0 Å². The zero-order chi connectivity index (χ0) is 14.9. The Morgan fingerprint density at radius 3 is 2.77 bits per heavy atom. The Hall–Kier alpha value is -3.01. The zero-order valence-corrected chi connectivity index (χ0v) is 11.8. The van der Waals surface area contributed by atoms with E-state index in [4.69, 9.17) is 15.2 Å². The van der Waals surface area contributed by atoms with Crippen LogP contribution in [0.3, 0.4) is 0 Å². The highest BCUT2D eigenvalue weighted by atomic mass is 16.5. The predicted octanol–water partition coefficient (Wildman–Crippen LogP) is 3.98. The lowest BCUT2D eigenvalue weighted by molar-refractivity contribution is 0.406. The summed E-state index contributed by atoms with van der Waals surface area (Å²) in [4.78, 5) is 4.62. The average molecular weight is 290 g/mol. The molecule has 2 aliphatic rings. The van der Waals surface area contributed by atoms with Crippen molar-refractivity contribution in [3.63, 3.8) is 0 Å². The standard InChI is InChI=1S/C18H14N2O2/c19-13-5-1-3-7-16(13)21-12-9-10-18-15(11-12)20-14-6-2-4-8-17(14)22-18/h1-8,10-11H,9,19H2. The molecule has 0 unspecified atom stereocenters. The maximum atomic E-state index is 5.91. The monoisotopic (exact) mass is 290 g/mol. The molecule has 4 heteroatoms. The van der Waals surface area contributed by atoms with Gasteiger partial charge in [-0.15, -0.1) is 0 Å². The summed E-state index contributed by atoms with van der Waals surface area (Å²) in [7, 11) is 0. The minimum absolute atomic E-state index is 0.616. The van der Waals surface area contributed by atoms with Crippen molar-refractivity contribution in [2.75, 3.05) is 5.73 Å². The second-order valence-electron chi connectivity index (χ2n) is 5.09. The lowest BCUT2D eigenvalue weighted by atomic mass is 10.1. The summed E-state index contributed by atoms with van der Waals surface area (Å²) in [6.07, 6.45) is 4.52. The molecule has 0 spiro atoms. The zero-order valence-electron chi connectivity index (χ0n) is 11.8. The molecule has 0 fully saturated rings. The molecule has 2 aromatic carbocycles. The van der Waals surface area contributed by atoms with Gasteiger partial charge in [-0.3, -0.25) is 0 Å². The molecule has 108 valence electrons. The fourth-order valence-electron chi connectivity index (χ4n) is 2.43. The van der Waals surface area contributed by atoms with Gasteiger partial charge in [-0.1, -0.05) is 24.3 Å². The molecule has 0 amide bonds. The van der Waals surface area contributed by atoms with Crippen LogP contribution >= 0.6 is 0 Å². The molecular formula is C18H14N2O2. The van der Waals surface area contributed by atoms with Crippen LogP contribution in [0.4, 0.5) is 11.4 Å². The summed E-state index contributed by atoms with van der Waals surface area (Å²) < 4.78 is 11.7. The summed E-state index contributed by atoms with van der Waals surface area (Å²) in [5, 5.41) is 0. The first-order chi connectivity index (χ1) is 10.8. The van der Waals surface area contributed by atoms with Crippen molar-refractivity contribution in [3.05, 3.63) is 72.2 Å². The fourth-order valence-corrected chi connectivity index (χ4v) is 2.43. The number of hydrogen-bond acceptors (Lipinski definition) is 4. The Morgan fingerprint density at radius 2 is 1.86 bits per heavy atom. The Bertz CT molecular complexity index is 834. The highest BCUT2D eigenvalue weighted by Gasteiger charge is 2.21. The number of para-hydroxylation sites is 4. The number of aliphatic imine (C=N–C) groups is 1. The molecule has 22 heavy (non-hydrogen) atoms. The van der Waals surface area contributed by atoms with Crippen LogP contribution in [0.15, 0.2) is 77.2 Å². The largest absolute Gasteiger partial charge is 0.459 e. The molecule has 0 bridgehead atoms. The number of anilines is 1. The van der Waals surface area contributed by atoms with Gasteiger partial charge in [0.05, 0.1) is 5.69 Å². The van der Waals surface area contributed by atoms with E-state index in [9.17, 15) is 0 Å². The smallest absolute Gasteiger partial charge is 0.153 e. The quantitative estimate of drug-likeness (QED) is 0.851. The van der Waals surface area contributed by atoms with Gasteiger partial charge < -0.3 is 15.2 Å². The van der Waals surface area contributed by atoms with Crippen molar-refractivity contribution in [1.82, 2.24) is 0 Å². The number of benzene rings is 2. The summed E-state index contributed by atoms with van der Waals surface area (Å²) in [6.45, 7) is 0. The number of fused-ring (bicyclic) bond motifs is 2. The van der Waals surface area contributed by atoms with Crippen LogP contribution in [-0.2, 0) is 0 Å². The van der Waals surface area contributed by atoms with Gasteiger partial charge in [-0.25, -0.2) is 4.99 Å². The Kier molecular flexibility index (Phi) is 2.93. The molecule has 1 aliphatic carbocycles. The number of nitrogen functional groups attached to an aromatic ring is 1. The third-order valence-electron chi connectivity index (χ3n) is 3.52. The first kappa shape index (κ1) is 12.7. The van der Waals surface area contributed by atoms with Crippen LogP contribution in [0.2, 0.25) is 0 Å². The SMILES string of the molecule is Nc1ccccc1OC1=CC2=Nc3ccccc3OC2=CC1. The molecule has 0 atom stereocenters. The van der Waals surface area contributed by atoms with E-state index in [0.717, 1.165) is 28.7 Å². The highest BCUT2D eigenvalue weighted by Crippen LogP contribution is 2.35. The first-order valence-electron chi connectivity index (χ1n) is 7.08. The van der Waals surface area contributed by atoms with Gasteiger partial charge in [0.2, 0.25) is 0 Å². The van der Waals surface area contributed by atoms with Crippen molar-refractivity contribution in [2.45, 2.75) is 6.42 Å². The normalized spacial score (nSPS) is 15.5. The van der Waals surface area contributed by atoms with Gasteiger partial charge in [0.25, 0.3) is 0 Å². The van der Waals surface area contributed by atoms with E-state index in [1.54, 1.807) is 0 Å². The second-order valence-corrected chi connectivity index (χ2v) is 5.09. The number of allylic oxidation sites excluding steroid dienone is 2. The maximum Gasteiger partial charge on any atom is 0.153 e. The molecule has 1 aliphatic heterocycles. The second kappa shape index (κ2) is 5.07. The number of rotatable bonds is 2. The van der Waals surface area contributed by atoms with Crippen LogP contribution in [0.1, 0.15) is 6.42 Å². The number of hydrogen-bond donors (Lipinski definition) is 1. The van der Waals surface area contributed by atoms with Crippen LogP contribution < -0.4 is 15.2 Å². The minimum atomic E-state index is 0.616. The molecule has 0 saturated heterocycles. The van der Waals surface area contributed by atoms with Gasteiger partial charge >= 0.3 is 0 Å². The summed E-state index contributed by atoms with van der Waals surface area (Å²) >= 11 is 0. The molecule has 1 heterocycles. The van der Waals surface area contributed by atoms with Crippen LogP contribution in [0, 0.1) is 0 Å². The number of nitrogens with zero attached hydrogens (tertiary/aromatic N) is 1. The van der Waals surface area contributed by atoms with Gasteiger partial charge in [0, 0.05) is 12.5 Å². The van der Waals surface area contributed by atoms with Crippen molar-refractivity contribution in [2.24, 2.45) is 4.99 Å². The third kappa shape index (κ3) is 2.24. The Balaban J connectivity index is 1.65. The van der Waals surface area contributed by atoms with E-state index in [2.05, 4.69) is 4.99 Å². The van der Waals surface area contributed by atoms with Crippen molar-refractivity contribution >= 4 is 17.1 Å². The van der Waals surface area contributed by atoms with E-state index >= 15 is 0 Å². The summed E-state index contributed by atoms with van der Waals surface area (Å²) in [5.74, 6) is 3.00. The number of nitrogens with two attached hydrogens (primary N) is 1. The van der Waals surface area contributed by atoms with Crippen molar-refractivity contribution < 1.29 is 9.47 Å². The molecule has 2 N–H and O–H groups in total. The van der Waals surface area contributed by atoms with E-state index in [1.165, 1.54) is 0 Å². The van der Waals surface area contributed by atoms with Crippen molar-refractivity contribution in [3.8, 4) is 11.5 Å². The van der Waals surface area contributed by atoms with Crippen LogP contribution in [0.25, 0.3) is 0 Å². The van der Waals surface area contributed by atoms with Gasteiger partial charge in [0.1, 0.15) is 28.7 Å². The fraction of sp³-hybridized carbons (Fsp3) is 0.0556. The lowest BCUT2D eigenvalue weighted by Gasteiger charge is -2.22. The van der Waals surface area contributed by atoms with E-state index in [0.29, 0.717) is 17.9 Å². The van der Waals surface area contributed by atoms with Crippen molar-refractivity contribution in [1.29, 1.82) is 0 Å². The van der Waals surface area contributed by atoms with Gasteiger partial charge in [0.15, 0.2) is 5.75 Å². The Labute approximate surface area is 128 Å². The van der Waals surface area contributed by atoms with E-state index in [1.807, 2.05) is 60.7 Å². The summed E-state index contributed by atoms with van der Waals surface area (Å²) in [5.41, 5.74) is 8.12. The van der Waals surface area contributed by atoms with E-state index in [-0.39, 0.29) is 0 Å². The lowest BCUT2D eigenvalue weighted by Crippen LogP contribution is -2.16. The first-order valence-corrected chi connectivity index (χ1v) is 7.08. The highest BCUT2D eigenvalue weighted by molar-refractivity contribution is 6.10. The maximum absolute atomic E-state index is 5.91.